The lowest BCUT2D eigenvalue weighted by molar-refractivity contribution is 0.414. The summed E-state index contributed by atoms with van der Waals surface area (Å²) in [7, 11) is 1.72. The van der Waals surface area contributed by atoms with Crippen LogP contribution >= 0.6 is 0 Å². The molecule has 1 saturated heterocycles. The average molecular weight is 248 g/mol. The van der Waals surface area contributed by atoms with Gasteiger partial charge in [0.15, 0.2) is 0 Å². The minimum atomic E-state index is 0.675. The molecule has 1 aliphatic heterocycles. The molecule has 1 aromatic rings. The molecule has 0 aliphatic carbocycles. The molecular weight excluding hydrogens is 224 g/mol. The zero-order valence-electron chi connectivity index (χ0n) is 11.7. The first kappa shape index (κ1) is 13.2. The lowest BCUT2D eigenvalue weighted by atomic mass is 10.1. The molecule has 0 spiro atoms. The van der Waals surface area contributed by atoms with Crippen molar-refractivity contribution in [2.75, 3.05) is 31.6 Å². The fourth-order valence-electron chi connectivity index (χ4n) is 2.63. The Bertz CT molecular complexity index is 392. The van der Waals surface area contributed by atoms with E-state index in [1.165, 1.54) is 24.1 Å². The number of hydrogen-bond acceptors (Lipinski definition) is 3. The summed E-state index contributed by atoms with van der Waals surface area (Å²) in [6.45, 7) is 7.71. The molecule has 0 amide bonds. The molecule has 1 N–H and O–H groups in total. The Morgan fingerprint density at radius 2 is 2.22 bits per heavy atom. The van der Waals surface area contributed by atoms with Crippen LogP contribution in [0, 0.1) is 6.92 Å². The minimum absolute atomic E-state index is 0.675. The Morgan fingerprint density at radius 3 is 2.89 bits per heavy atom. The Kier molecular flexibility index (Phi) is 4.48. The number of benzene rings is 1. The van der Waals surface area contributed by atoms with Gasteiger partial charge in [0.1, 0.15) is 5.75 Å². The van der Waals surface area contributed by atoms with Gasteiger partial charge in [0, 0.05) is 31.4 Å². The molecule has 1 unspecified atom stereocenters. The van der Waals surface area contributed by atoms with E-state index < -0.39 is 0 Å². The molecular formula is C15H24N2O. The summed E-state index contributed by atoms with van der Waals surface area (Å²) in [5.41, 5.74) is 2.64. The second kappa shape index (κ2) is 6.10. The Labute approximate surface area is 110 Å². The zero-order chi connectivity index (χ0) is 13.0. The van der Waals surface area contributed by atoms with Crippen molar-refractivity contribution in [2.45, 2.75) is 32.7 Å². The van der Waals surface area contributed by atoms with E-state index in [1.807, 2.05) is 0 Å². The largest absolute Gasteiger partial charge is 0.497 e. The van der Waals surface area contributed by atoms with Crippen LogP contribution in [0.2, 0.25) is 0 Å². The third-order valence-electron chi connectivity index (χ3n) is 3.80. The maximum atomic E-state index is 5.27. The first-order chi connectivity index (χ1) is 8.74. The molecule has 1 aliphatic rings. The van der Waals surface area contributed by atoms with Crippen molar-refractivity contribution in [3.05, 3.63) is 23.8 Å². The summed E-state index contributed by atoms with van der Waals surface area (Å²) in [5.74, 6) is 0.940. The summed E-state index contributed by atoms with van der Waals surface area (Å²) in [6, 6.07) is 7.03. The van der Waals surface area contributed by atoms with Crippen LogP contribution in [-0.2, 0) is 0 Å². The van der Waals surface area contributed by atoms with E-state index in [-0.39, 0.29) is 0 Å². The van der Waals surface area contributed by atoms with E-state index in [0.29, 0.717) is 6.04 Å². The second-order valence-electron chi connectivity index (χ2n) is 4.99. The van der Waals surface area contributed by atoms with E-state index in [4.69, 9.17) is 4.74 Å². The number of nitrogens with one attached hydrogen (secondary N) is 1. The number of methoxy groups -OCH3 is 1. The molecule has 18 heavy (non-hydrogen) atoms. The predicted octanol–water partition coefficient (Wildman–Crippen LogP) is 2.58. The van der Waals surface area contributed by atoms with Gasteiger partial charge in [0.25, 0.3) is 0 Å². The maximum absolute atomic E-state index is 5.27. The maximum Gasteiger partial charge on any atom is 0.119 e. The highest BCUT2D eigenvalue weighted by Crippen LogP contribution is 2.25. The third-order valence-corrected chi connectivity index (χ3v) is 3.80. The molecule has 100 valence electrons. The molecule has 3 nitrogen and oxygen atoms in total. The van der Waals surface area contributed by atoms with Gasteiger partial charge >= 0.3 is 0 Å². The van der Waals surface area contributed by atoms with Crippen molar-refractivity contribution in [2.24, 2.45) is 0 Å². The molecule has 2 rings (SSSR count). The Hall–Kier alpha value is -1.22. The standard InChI is InChI=1S/C15H24N2O/c1-4-13-7-9-17(10-8-16-13)15-6-5-14(18-3)11-12(15)2/h5-6,11,13,16H,4,7-10H2,1-3H3. The van der Waals surface area contributed by atoms with Crippen molar-refractivity contribution >= 4 is 5.69 Å². The van der Waals surface area contributed by atoms with Gasteiger partial charge in [-0.05, 0) is 43.5 Å². The summed E-state index contributed by atoms with van der Waals surface area (Å²) in [4.78, 5) is 2.48. The van der Waals surface area contributed by atoms with Crippen LogP contribution in [0.4, 0.5) is 5.69 Å². The van der Waals surface area contributed by atoms with Crippen LogP contribution in [0.5, 0.6) is 5.75 Å². The molecule has 1 aromatic carbocycles. The van der Waals surface area contributed by atoms with Crippen LogP contribution < -0.4 is 15.0 Å². The first-order valence-electron chi connectivity index (χ1n) is 6.87. The molecule has 1 fully saturated rings. The number of anilines is 1. The minimum Gasteiger partial charge on any atom is -0.497 e. The molecule has 0 saturated carbocycles. The summed E-state index contributed by atoms with van der Waals surface area (Å²) < 4.78 is 5.27. The Balaban J connectivity index is 2.11. The van der Waals surface area contributed by atoms with Gasteiger partial charge in [-0.3, -0.25) is 0 Å². The number of rotatable bonds is 3. The molecule has 0 radical (unpaired) electrons. The highest BCUT2D eigenvalue weighted by Gasteiger charge is 2.16. The van der Waals surface area contributed by atoms with Crippen molar-refractivity contribution in [1.82, 2.24) is 5.32 Å². The van der Waals surface area contributed by atoms with Gasteiger partial charge in [-0.2, -0.15) is 0 Å². The number of nitrogens with zero attached hydrogens (tertiary/aromatic N) is 1. The number of aryl methyl sites for hydroxylation is 1. The van der Waals surface area contributed by atoms with Gasteiger partial charge in [-0.1, -0.05) is 6.92 Å². The summed E-state index contributed by atoms with van der Waals surface area (Å²) in [5, 5.41) is 3.61. The van der Waals surface area contributed by atoms with Gasteiger partial charge < -0.3 is 15.0 Å². The Morgan fingerprint density at radius 1 is 1.39 bits per heavy atom. The quantitative estimate of drug-likeness (QED) is 0.890. The molecule has 1 heterocycles. The van der Waals surface area contributed by atoms with Crippen LogP contribution in [0.15, 0.2) is 18.2 Å². The van der Waals surface area contributed by atoms with Crippen molar-refractivity contribution in [3.63, 3.8) is 0 Å². The predicted molar refractivity (Wildman–Crippen MR) is 76.6 cm³/mol. The van der Waals surface area contributed by atoms with Crippen molar-refractivity contribution < 1.29 is 4.74 Å². The summed E-state index contributed by atoms with van der Waals surface area (Å²) in [6.07, 6.45) is 2.44. The summed E-state index contributed by atoms with van der Waals surface area (Å²) >= 11 is 0. The van der Waals surface area contributed by atoms with E-state index in [9.17, 15) is 0 Å². The lowest BCUT2D eigenvalue weighted by Crippen LogP contribution is -2.30. The SMILES string of the molecule is CCC1CCN(c2ccc(OC)cc2C)CCN1. The van der Waals surface area contributed by atoms with Crippen LogP contribution in [-0.4, -0.2) is 32.8 Å². The van der Waals surface area contributed by atoms with Gasteiger partial charge in [-0.25, -0.2) is 0 Å². The highest BCUT2D eigenvalue weighted by atomic mass is 16.5. The van der Waals surface area contributed by atoms with Gasteiger partial charge in [0.05, 0.1) is 7.11 Å². The topological polar surface area (TPSA) is 24.5 Å². The fourth-order valence-corrected chi connectivity index (χ4v) is 2.63. The van der Waals surface area contributed by atoms with Crippen LogP contribution in [0.1, 0.15) is 25.3 Å². The van der Waals surface area contributed by atoms with E-state index >= 15 is 0 Å². The molecule has 3 heteroatoms. The smallest absolute Gasteiger partial charge is 0.119 e. The van der Waals surface area contributed by atoms with Crippen LogP contribution in [0.25, 0.3) is 0 Å². The zero-order valence-corrected chi connectivity index (χ0v) is 11.7. The average Bonchev–Trinajstić information content (AvgIpc) is 2.63. The lowest BCUT2D eigenvalue weighted by Gasteiger charge is -2.24. The monoisotopic (exact) mass is 248 g/mol. The molecule has 0 aromatic heterocycles. The highest BCUT2D eigenvalue weighted by molar-refractivity contribution is 5.56. The van der Waals surface area contributed by atoms with E-state index in [1.54, 1.807) is 7.11 Å². The van der Waals surface area contributed by atoms with Gasteiger partial charge in [0.2, 0.25) is 0 Å². The number of hydrogen-bond donors (Lipinski definition) is 1. The fraction of sp³-hybridized carbons (Fsp3) is 0.600. The van der Waals surface area contributed by atoms with E-state index in [2.05, 4.69) is 42.3 Å². The molecule has 1 atom stereocenters. The van der Waals surface area contributed by atoms with Crippen LogP contribution in [0.3, 0.4) is 0 Å². The molecule has 0 bridgehead atoms. The number of ether oxygens (including phenoxy) is 1. The van der Waals surface area contributed by atoms with Gasteiger partial charge in [-0.15, -0.1) is 0 Å². The first-order valence-corrected chi connectivity index (χ1v) is 6.87. The third kappa shape index (κ3) is 2.96. The van der Waals surface area contributed by atoms with E-state index in [0.717, 1.165) is 25.4 Å². The second-order valence-corrected chi connectivity index (χ2v) is 4.99. The van der Waals surface area contributed by atoms with Crippen molar-refractivity contribution in [3.8, 4) is 5.75 Å². The van der Waals surface area contributed by atoms with Crippen molar-refractivity contribution in [1.29, 1.82) is 0 Å². The normalized spacial score (nSPS) is 20.6.